The molecule has 0 unspecified atom stereocenters. The van der Waals surface area contributed by atoms with E-state index in [1.807, 2.05) is 41.8 Å². The van der Waals surface area contributed by atoms with E-state index in [1.54, 1.807) is 6.07 Å². The van der Waals surface area contributed by atoms with Crippen molar-refractivity contribution in [1.29, 1.82) is 0 Å². The number of thiophene rings is 1. The molecule has 0 spiro atoms. The van der Waals surface area contributed by atoms with Crippen LogP contribution in [0, 0.1) is 0 Å². The molecule has 3 aromatic rings. The fraction of sp³-hybridized carbons (Fsp3) is 0.300. The molecular weight excluding hydrogens is 401 g/mol. The van der Waals surface area contributed by atoms with Crippen LogP contribution >= 0.6 is 11.3 Å². The minimum Gasteiger partial charge on any atom is -0.363 e. The maximum Gasteiger partial charge on any atom is 0.410 e. The summed E-state index contributed by atoms with van der Waals surface area (Å²) in [4.78, 5) is 13.2. The van der Waals surface area contributed by atoms with Crippen molar-refractivity contribution in [2.24, 2.45) is 0 Å². The van der Waals surface area contributed by atoms with Gasteiger partial charge in [0.05, 0.1) is 6.04 Å². The van der Waals surface area contributed by atoms with Crippen molar-refractivity contribution < 1.29 is 18.0 Å². The molecular formula is C20H19F3N4OS. The average Bonchev–Trinajstić information content (AvgIpc) is 3.37. The molecule has 2 aromatic heterocycles. The van der Waals surface area contributed by atoms with Crippen molar-refractivity contribution in [3.05, 3.63) is 70.0 Å². The van der Waals surface area contributed by atoms with Gasteiger partial charge >= 0.3 is 6.18 Å². The van der Waals surface area contributed by atoms with Crippen LogP contribution in [0.25, 0.3) is 0 Å². The van der Waals surface area contributed by atoms with E-state index in [-0.39, 0.29) is 17.9 Å². The van der Waals surface area contributed by atoms with Gasteiger partial charge in [-0.15, -0.1) is 11.3 Å². The summed E-state index contributed by atoms with van der Waals surface area (Å²) in [5.41, 5.74) is 1.04. The summed E-state index contributed by atoms with van der Waals surface area (Å²) in [7, 11) is 0. The lowest BCUT2D eigenvalue weighted by molar-refractivity contribution is -0.173. The first-order valence-corrected chi connectivity index (χ1v) is 10.1. The Morgan fingerprint density at radius 1 is 1.24 bits per heavy atom. The van der Waals surface area contributed by atoms with Gasteiger partial charge in [-0.2, -0.15) is 18.3 Å². The van der Waals surface area contributed by atoms with E-state index in [2.05, 4.69) is 15.7 Å². The van der Waals surface area contributed by atoms with E-state index in [4.69, 9.17) is 0 Å². The SMILES string of the molecule is O=C(NCCc1ccccc1)c1cc2n(n1)[C@H](C(F)(F)F)C[C@@H](c1cccs1)N2. The first-order chi connectivity index (χ1) is 13.9. The second kappa shape index (κ2) is 7.90. The van der Waals surface area contributed by atoms with Crippen LogP contribution in [0.3, 0.4) is 0 Å². The fourth-order valence-electron chi connectivity index (χ4n) is 3.42. The standard InChI is InChI=1S/C20H19F3N4OS/c21-20(22,23)17-11-14(16-7-4-10-29-16)25-18-12-15(26-27(17)18)19(28)24-9-8-13-5-2-1-3-6-13/h1-7,10,12,14,17,25H,8-9,11H2,(H,24,28)/t14-,17-/m0/s1. The van der Waals surface area contributed by atoms with Crippen molar-refractivity contribution in [2.75, 3.05) is 11.9 Å². The van der Waals surface area contributed by atoms with Crippen molar-refractivity contribution >= 4 is 23.1 Å². The molecule has 152 valence electrons. The molecule has 0 fully saturated rings. The molecule has 3 heterocycles. The summed E-state index contributed by atoms with van der Waals surface area (Å²) in [5.74, 6) is -0.289. The van der Waals surface area contributed by atoms with Crippen molar-refractivity contribution in [1.82, 2.24) is 15.1 Å². The Hall–Kier alpha value is -2.81. The number of amides is 1. The van der Waals surface area contributed by atoms with Crippen molar-refractivity contribution in [3.8, 4) is 0 Å². The number of fused-ring (bicyclic) bond motifs is 1. The van der Waals surface area contributed by atoms with Gasteiger partial charge in [0.2, 0.25) is 0 Å². The number of hydrogen-bond donors (Lipinski definition) is 2. The van der Waals surface area contributed by atoms with Crippen LogP contribution in [0.1, 0.15) is 39.4 Å². The second-order valence-corrected chi connectivity index (χ2v) is 7.84. The molecule has 0 saturated carbocycles. The molecule has 1 amide bonds. The van der Waals surface area contributed by atoms with Gasteiger partial charge in [0.1, 0.15) is 5.82 Å². The summed E-state index contributed by atoms with van der Waals surface area (Å²) in [5, 5.41) is 11.6. The highest BCUT2D eigenvalue weighted by Gasteiger charge is 2.47. The van der Waals surface area contributed by atoms with Crippen LogP contribution in [-0.4, -0.2) is 28.4 Å². The van der Waals surface area contributed by atoms with Crippen molar-refractivity contribution in [3.63, 3.8) is 0 Å². The highest BCUT2D eigenvalue weighted by Crippen LogP contribution is 2.44. The molecule has 0 radical (unpaired) electrons. The molecule has 0 bridgehead atoms. The second-order valence-electron chi connectivity index (χ2n) is 6.86. The quantitative estimate of drug-likeness (QED) is 0.635. The molecule has 1 aliphatic rings. The van der Waals surface area contributed by atoms with Crippen LogP contribution in [0.2, 0.25) is 0 Å². The van der Waals surface area contributed by atoms with Crippen LogP contribution in [-0.2, 0) is 6.42 Å². The van der Waals surface area contributed by atoms with Crippen LogP contribution in [0.4, 0.5) is 19.0 Å². The third-order valence-electron chi connectivity index (χ3n) is 4.85. The highest BCUT2D eigenvalue weighted by atomic mass is 32.1. The van der Waals surface area contributed by atoms with Crippen molar-refractivity contribution in [2.45, 2.75) is 31.1 Å². The monoisotopic (exact) mass is 420 g/mol. The Morgan fingerprint density at radius 2 is 2.03 bits per heavy atom. The Labute approximate surface area is 169 Å². The number of nitrogens with zero attached hydrogens (tertiary/aromatic N) is 2. The zero-order chi connectivity index (χ0) is 20.4. The van der Waals surface area contributed by atoms with Gasteiger partial charge in [-0.1, -0.05) is 36.4 Å². The topological polar surface area (TPSA) is 59.0 Å². The average molecular weight is 420 g/mol. The van der Waals surface area contributed by atoms with Gasteiger partial charge in [0.15, 0.2) is 11.7 Å². The first kappa shape index (κ1) is 19.5. The highest BCUT2D eigenvalue weighted by molar-refractivity contribution is 7.10. The van der Waals surface area contributed by atoms with Gasteiger partial charge in [-0.05, 0) is 23.4 Å². The van der Waals surface area contributed by atoms with E-state index in [9.17, 15) is 18.0 Å². The lowest BCUT2D eigenvalue weighted by Gasteiger charge is -2.32. The number of halogens is 3. The predicted octanol–water partition coefficient (Wildman–Crippen LogP) is 4.58. The maximum absolute atomic E-state index is 13.6. The third kappa shape index (κ3) is 4.29. The minimum atomic E-state index is -4.46. The number of nitrogens with one attached hydrogen (secondary N) is 2. The lowest BCUT2D eigenvalue weighted by Crippen LogP contribution is -2.35. The van der Waals surface area contributed by atoms with E-state index in [0.29, 0.717) is 13.0 Å². The summed E-state index contributed by atoms with van der Waals surface area (Å²) in [6.07, 6.45) is -4.00. The summed E-state index contributed by atoms with van der Waals surface area (Å²) in [6.45, 7) is 0.374. The maximum atomic E-state index is 13.6. The normalized spacial score (nSPS) is 18.7. The van der Waals surface area contributed by atoms with E-state index in [1.165, 1.54) is 17.4 Å². The van der Waals surface area contributed by atoms with Crippen LogP contribution < -0.4 is 10.6 Å². The molecule has 1 aromatic carbocycles. The Balaban J connectivity index is 1.50. The van der Waals surface area contributed by atoms with Gasteiger partial charge in [0, 0.05) is 23.9 Å². The third-order valence-corrected chi connectivity index (χ3v) is 5.84. The molecule has 0 saturated heterocycles. The zero-order valence-electron chi connectivity index (χ0n) is 15.3. The number of aromatic nitrogens is 2. The molecule has 4 rings (SSSR count). The van der Waals surface area contributed by atoms with Gasteiger partial charge in [0.25, 0.3) is 5.91 Å². The predicted molar refractivity (Wildman–Crippen MR) is 105 cm³/mol. The lowest BCUT2D eigenvalue weighted by atomic mass is 10.0. The van der Waals surface area contributed by atoms with Gasteiger partial charge in [-0.25, -0.2) is 4.68 Å². The Bertz CT molecular complexity index is 970. The molecule has 29 heavy (non-hydrogen) atoms. The number of rotatable bonds is 5. The number of carbonyl (C=O) groups is 1. The van der Waals surface area contributed by atoms with Gasteiger partial charge < -0.3 is 10.6 Å². The van der Waals surface area contributed by atoms with Crippen LogP contribution in [0.5, 0.6) is 0 Å². The molecule has 2 atom stereocenters. The number of anilines is 1. The number of carbonyl (C=O) groups excluding carboxylic acids is 1. The Morgan fingerprint density at radius 3 is 2.72 bits per heavy atom. The molecule has 9 heteroatoms. The first-order valence-electron chi connectivity index (χ1n) is 9.20. The summed E-state index contributed by atoms with van der Waals surface area (Å²) >= 11 is 1.40. The summed E-state index contributed by atoms with van der Waals surface area (Å²) in [6, 6.07) is 12.4. The van der Waals surface area contributed by atoms with E-state index >= 15 is 0 Å². The number of alkyl halides is 3. The molecule has 2 N–H and O–H groups in total. The van der Waals surface area contributed by atoms with Crippen LogP contribution in [0.15, 0.2) is 53.9 Å². The molecule has 1 aliphatic heterocycles. The molecule has 5 nitrogen and oxygen atoms in total. The minimum absolute atomic E-state index is 0.0263. The van der Waals surface area contributed by atoms with E-state index in [0.717, 1.165) is 15.1 Å². The summed E-state index contributed by atoms with van der Waals surface area (Å²) < 4.78 is 41.8. The zero-order valence-corrected chi connectivity index (χ0v) is 16.1. The largest absolute Gasteiger partial charge is 0.410 e. The molecule has 0 aliphatic carbocycles. The fourth-order valence-corrected chi connectivity index (χ4v) is 4.21. The number of hydrogen-bond acceptors (Lipinski definition) is 4. The number of benzene rings is 1. The smallest absolute Gasteiger partial charge is 0.363 e. The Kier molecular flexibility index (Phi) is 5.31. The van der Waals surface area contributed by atoms with E-state index < -0.39 is 24.2 Å². The van der Waals surface area contributed by atoms with Gasteiger partial charge in [-0.3, -0.25) is 4.79 Å².